The van der Waals surface area contributed by atoms with Crippen LogP contribution < -0.4 is 5.32 Å². The van der Waals surface area contributed by atoms with Gasteiger partial charge in [-0.1, -0.05) is 7.43 Å². The maximum Gasteiger partial charge on any atom is 0.104 e. The van der Waals surface area contributed by atoms with Crippen LogP contribution in [-0.4, -0.2) is 17.9 Å². The number of aliphatic hydroxyl groups is 1. The molecule has 2 N–H and O–H groups in total. The molecule has 0 aromatic carbocycles. The monoisotopic (exact) mass is 103 g/mol. The zero-order valence-corrected chi connectivity index (χ0v) is 3.65. The van der Waals surface area contributed by atoms with Crippen molar-refractivity contribution in [2.75, 3.05) is 6.54 Å². The van der Waals surface area contributed by atoms with Crippen LogP contribution in [0.2, 0.25) is 0 Å². The van der Waals surface area contributed by atoms with Crippen LogP contribution in [0.1, 0.15) is 20.3 Å². The highest BCUT2D eigenvalue weighted by Gasteiger charge is 2.07. The zero-order chi connectivity index (χ0) is 4.41. The molecule has 0 bridgehead atoms. The number of hydrogen-bond donors (Lipinski definition) is 2. The summed E-state index contributed by atoms with van der Waals surface area (Å²) in [6.07, 6.45) is 1.85. The number of nitrogens with one attached hydrogen (secondary N) is 1. The smallest absolute Gasteiger partial charge is 0.104 e. The minimum atomic E-state index is -0.204. The van der Waals surface area contributed by atoms with Gasteiger partial charge in [-0.25, -0.2) is 0 Å². The number of aliphatic hydroxyl groups excluding tert-OH is 1. The van der Waals surface area contributed by atoms with Gasteiger partial charge in [-0.15, -0.1) is 0 Å². The molecule has 1 heterocycles. The van der Waals surface area contributed by atoms with Crippen molar-refractivity contribution in [3.8, 4) is 0 Å². The van der Waals surface area contributed by atoms with Crippen molar-refractivity contribution in [1.82, 2.24) is 5.32 Å². The van der Waals surface area contributed by atoms with Crippen LogP contribution in [0.4, 0.5) is 0 Å². The summed E-state index contributed by atoms with van der Waals surface area (Å²) in [7, 11) is 0. The van der Waals surface area contributed by atoms with Crippen LogP contribution in [0.25, 0.3) is 0 Å². The summed E-state index contributed by atoms with van der Waals surface area (Å²) in [5.74, 6) is 0. The minimum absolute atomic E-state index is 0. The van der Waals surface area contributed by atoms with E-state index in [1.165, 1.54) is 0 Å². The van der Waals surface area contributed by atoms with E-state index in [1.807, 2.05) is 0 Å². The molecule has 1 fully saturated rings. The van der Waals surface area contributed by atoms with Gasteiger partial charge >= 0.3 is 0 Å². The van der Waals surface area contributed by atoms with Crippen molar-refractivity contribution in [3.63, 3.8) is 0 Å². The fourth-order valence-electron chi connectivity index (χ4n) is 0.666. The maximum absolute atomic E-state index is 8.62. The van der Waals surface area contributed by atoms with Gasteiger partial charge in [0.2, 0.25) is 0 Å². The molecule has 0 aliphatic carbocycles. The molecule has 2 heteroatoms. The Morgan fingerprint density at radius 2 is 2.29 bits per heavy atom. The third-order valence-corrected chi connectivity index (χ3v) is 1.03. The zero-order valence-electron chi connectivity index (χ0n) is 3.65. The third-order valence-electron chi connectivity index (χ3n) is 1.03. The Labute approximate surface area is 44.5 Å². The Balaban J connectivity index is 0.000000360. The predicted molar refractivity (Wildman–Crippen MR) is 30.0 cm³/mol. The van der Waals surface area contributed by atoms with Crippen LogP contribution in [-0.2, 0) is 0 Å². The fourth-order valence-corrected chi connectivity index (χ4v) is 0.666. The van der Waals surface area contributed by atoms with E-state index in [4.69, 9.17) is 5.11 Å². The Bertz CT molecular complexity index is 41.3. The van der Waals surface area contributed by atoms with E-state index in [2.05, 4.69) is 5.32 Å². The van der Waals surface area contributed by atoms with Crippen LogP contribution in [0.15, 0.2) is 0 Å². The lowest BCUT2D eigenvalue weighted by Crippen LogP contribution is -2.19. The first-order valence-corrected chi connectivity index (χ1v) is 2.31. The molecule has 1 rings (SSSR count). The largest absolute Gasteiger partial charge is 0.379 e. The molecule has 1 aliphatic heterocycles. The predicted octanol–water partition coefficient (Wildman–Crippen LogP) is 0.324. The molecule has 7 heavy (non-hydrogen) atoms. The first kappa shape index (κ1) is 6.92. The highest BCUT2D eigenvalue weighted by Crippen LogP contribution is 1.98. The van der Waals surface area contributed by atoms with Crippen molar-refractivity contribution < 1.29 is 5.11 Å². The Morgan fingerprint density at radius 3 is 2.43 bits per heavy atom. The van der Waals surface area contributed by atoms with E-state index in [-0.39, 0.29) is 13.7 Å². The molecule has 1 unspecified atom stereocenters. The van der Waals surface area contributed by atoms with Gasteiger partial charge in [-0.3, -0.25) is 5.32 Å². The van der Waals surface area contributed by atoms with E-state index < -0.39 is 0 Å². The van der Waals surface area contributed by atoms with Crippen molar-refractivity contribution in [3.05, 3.63) is 0 Å². The second-order valence-electron chi connectivity index (χ2n) is 1.61. The van der Waals surface area contributed by atoms with Crippen molar-refractivity contribution in [2.45, 2.75) is 26.5 Å². The summed E-state index contributed by atoms with van der Waals surface area (Å²) in [6.45, 7) is 0.987. The average Bonchev–Trinajstić information content (AvgIpc) is 1.86. The molecule has 1 aliphatic rings. The molecule has 0 radical (unpaired) electrons. The van der Waals surface area contributed by atoms with Gasteiger partial charge in [-0.2, -0.15) is 0 Å². The van der Waals surface area contributed by atoms with Gasteiger partial charge in [0.25, 0.3) is 0 Å². The summed E-state index contributed by atoms with van der Waals surface area (Å²) < 4.78 is 0. The lowest BCUT2D eigenvalue weighted by molar-refractivity contribution is 0.160. The highest BCUT2D eigenvalue weighted by atomic mass is 16.3. The molecule has 0 aromatic heterocycles. The Morgan fingerprint density at radius 1 is 1.57 bits per heavy atom. The van der Waals surface area contributed by atoms with Crippen LogP contribution >= 0.6 is 0 Å². The molecular formula is C5H13NO. The summed E-state index contributed by atoms with van der Waals surface area (Å²) in [4.78, 5) is 0. The first-order chi connectivity index (χ1) is 2.89. The maximum atomic E-state index is 8.62. The summed E-state index contributed by atoms with van der Waals surface area (Å²) >= 11 is 0. The van der Waals surface area contributed by atoms with E-state index in [0.29, 0.717) is 0 Å². The average molecular weight is 103 g/mol. The van der Waals surface area contributed by atoms with E-state index >= 15 is 0 Å². The summed E-state index contributed by atoms with van der Waals surface area (Å²) in [5.41, 5.74) is 0. The number of hydrogen-bond acceptors (Lipinski definition) is 2. The highest BCUT2D eigenvalue weighted by molar-refractivity contribution is 4.61. The standard InChI is InChI=1S/C4H9NO.CH4/c6-4-2-1-3-5-4;/h4-6H,1-3H2;1H4. The van der Waals surface area contributed by atoms with Crippen LogP contribution in [0.3, 0.4) is 0 Å². The molecule has 2 nitrogen and oxygen atoms in total. The van der Waals surface area contributed by atoms with E-state index in [0.717, 1.165) is 19.4 Å². The first-order valence-electron chi connectivity index (χ1n) is 2.31. The number of rotatable bonds is 0. The molecule has 0 amide bonds. The molecular weight excluding hydrogens is 90.1 g/mol. The Kier molecular flexibility index (Phi) is 2.96. The lowest BCUT2D eigenvalue weighted by Gasteiger charge is -1.94. The molecule has 0 aromatic rings. The van der Waals surface area contributed by atoms with Gasteiger partial charge < -0.3 is 5.11 Å². The van der Waals surface area contributed by atoms with Crippen LogP contribution in [0.5, 0.6) is 0 Å². The third kappa shape index (κ3) is 1.90. The fraction of sp³-hybridized carbons (Fsp3) is 1.00. The second kappa shape index (κ2) is 2.99. The SMILES string of the molecule is C.OC1CCCN1. The van der Waals surface area contributed by atoms with Crippen LogP contribution in [0, 0.1) is 0 Å². The second-order valence-corrected chi connectivity index (χ2v) is 1.61. The van der Waals surface area contributed by atoms with Crippen molar-refractivity contribution in [1.29, 1.82) is 0 Å². The molecule has 0 saturated carbocycles. The van der Waals surface area contributed by atoms with Gasteiger partial charge in [-0.05, 0) is 19.4 Å². The van der Waals surface area contributed by atoms with E-state index in [1.54, 1.807) is 0 Å². The normalized spacial score (nSPS) is 29.6. The molecule has 44 valence electrons. The Hall–Kier alpha value is -0.0800. The molecule has 0 spiro atoms. The van der Waals surface area contributed by atoms with Crippen molar-refractivity contribution >= 4 is 0 Å². The molecule has 1 atom stereocenters. The van der Waals surface area contributed by atoms with Gasteiger partial charge in [0.15, 0.2) is 0 Å². The summed E-state index contributed by atoms with van der Waals surface area (Å²) in [6, 6.07) is 0. The lowest BCUT2D eigenvalue weighted by atomic mass is 10.4. The topological polar surface area (TPSA) is 32.3 Å². The van der Waals surface area contributed by atoms with E-state index in [9.17, 15) is 0 Å². The molecule has 1 saturated heterocycles. The van der Waals surface area contributed by atoms with Crippen molar-refractivity contribution in [2.24, 2.45) is 0 Å². The van der Waals surface area contributed by atoms with Gasteiger partial charge in [0.05, 0.1) is 0 Å². The minimum Gasteiger partial charge on any atom is -0.379 e. The van der Waals surface area contributed by atoms with Gasteiger partial charge in [0.1, 0.15) is 6.23 Å². The van der Waals surface area contributed by atoms with Gasteiger partial charge in [0, 0.05) is 0 Å². The summed E-state index contributed by atoms with van der Waals surface area (Å²) in [5, 5.41) is 11.5. The quantitative estimate of drug-likeness (QED) is 0.463.